The summed E-state index contributed by atoms with van der Waals surface area (Å²) < 4.78 is 7.10. The maximum Gasteiger partial charge on any atom is 0.0658 e. The van der Waals surface area contributed by atoms with E-state index in [9.17, 15) is 5.11 Å². The zero-order chi connectivity index (χ0) is 14.4. The summed E-state index contributed by atoms with van der Waals surface area (Å²) in [5.41, 5.74) is 3.50. The average molecular weight is 269 g/mol. The Hall–Kier alpha value is -0.910. The van der Waals surface area contributed by atoms with Crippen molar-refractivity contribution in [2.24, 2.45) is 0 Å². The fourth-order valence-corrected chi connectivity index (χ4v) is 2.34. The second-order valence-electron chi connectivity index (χ2n) is 5.11. The Morgan fingerprint density at radius 2 is 2.05 bits per heavy atom. The first kappa shape index (κ1) is 16.1. The van der Waals surface area contributed by atoms with Crippen LogP contribution in [0.1, 0.15) is 43.3 Å². The lowest BCUT2D eigenvalue weighted by atomic mass is 10.1. The van der Waals surface area contributed by atoms with E-state index in [0.717, 1.165) is 25.2 Å². The summed E-state index contributed by atoms with van der Waals surface area (Å²) in [7, 11) is 1.70. The van der Waals surface area contributed by atoms with Crippen molar-refractivity contribution < 1.29 is 9.84 Å². The molecule has 2 N–H and O–H groups in total. The summed E-state index contributed by atoms with van der Waals surface area (Å²) in [6.45, 7) is 10.3. The molecule has 0 amide bonds. The molecule has 1 rings (SSSR count). The number of nitrogens with zero attached hydrogens (tertiary/aromatic N) is 2. The van der Waals surface area contributed by atoms with Crippen LogP contribution in [-0.4, -0.2) is 41.3 Å². The van der Waals surface area contributed by atoms with Gasteiger partial charge in [-0.3, -0.25) is 4.68 Å². The monoisotopic (exact) mass is 269 g/mol. The number of hydrogen-bond acceptors (Lipinski definition) is 4. The molecular formula is C14H27N3O2. The van der Waals surface area contributed by atoms with Crippen molar-refractivity contribution in [1.82, 2.24) is 15.1 Å². The van der Waals surface area contributed by atoms with Gasteiger partial charge in [0, 0.05) is 24.4 Å². The van der Waals surface area contributed by atoms with Gasteiger partial charge in [0.25, 0.3) is 0 Å². The third-order valence-electron chi connectivity index (χ3n) is 3.39. The van der Waals surface area contributed by atoms with Crippen LogP contribution in [0.25, 0.3) is 0 Å². The van der Waals surface area contributed by atoms with Crippen molar-refractivity contribution in [2.45, 2.75) is 52.8 Å². The summed E-state index contributed by atoms with van der Waals surface area (Å²) in [6.07, 6.45) is 0.506. The highest BCUT2D eigenvalue weighted by molar-refractivity contribution is 5.27. The molecule has 0 radical (unpaired) electrons. The van der Waals surface area contributed by atoms with Crippen LogP contribution in [0.15, 0.2) is 0 Å². The molecule has 1 aromatic rings. The van der Waals surface area contributed by atoms with E-state index in [1.165, 1.54) is 11.3 Å². The normalized spacial score (nSPS) is 14.6. The molecule has 19 heavy (non-hydrogen) atoms. The van der Waals surface area contributed by atoms with E-state index in [1.54, 1.807) is 7.11 Å². The minimum absolute atomic E-state index is 0.245. The van der Waals surface area contributed by atoms with Gasteiger partial charge < -0.3 is 15.2 Å². The van der Waals surface area contributed by atoms with Crippen molar-refractivity contribution in [3.63, 3.8) is 0 Å². The summed E-state index contributed by atoms with van der Waals surface area (Å²) in [5, 5.41) is 17.3. The Labute approximate surface area is 116 Å². The molecule has 0 aliphatic carbocycles. The molecule has 5 heteroatoms. The number of ether oxygens (including phenoxy) is 1. The SMILES string of the molecule is COCCn1nc(C)c(C(C)NCCC(C)O)c1C. The van der Waals surface area contributed by atoms with E-state index in [0.29, 0.717) is 6.61 Å². The van der Waals surface area contributed by atoms with Crippen molar-refractivity contribution in [1.29, 1.82) is 0 Å². The molecule has 0 bridgehead atoms. The zero-order valence-electron chi connectivity index (χ0n) is 12.7. The van der Waals surface area contributed by atoms with Gasteiger partial charge in [-0.15, -0.1) is 0 Å². The topological polar surface area (TPSA) is 59.3 Å². The predicted octanol–water partition coefficient (Wildman–Crippen LogP) is 1.57. The Balaban J connectivity index is 2.68. The average Bonchev–Trinajstić information content (AvgIpc) is 2.61. The maximum atomic E-state index is 9.28. The number of nitrogens with one attached hydrogen (secondary N) is 1. The van der Waals surface area contributed by atoms with Gasteiger partial charge in [-0.1, -0.05) is 0 Å². The molecule has 1 aromatic heterocycles. The molecule has 0 aliphatic heterocycles. The number of aromatic nitrogens is 2. The van der Waals surface area contributed by atoms with Crippen LogP contribution in [-0.2, 0) is 11.3 Å². The van der Waals surface area contributed by atoms with Crippen LogP contribution in [0, 0.1) is 13.8 Å². The first-order valence-electron chi connectivity index (χ1n) is 6.91. The Morgan fingerprint density at radius 1 is 1.37 bits per heavy atom. The van der Waals surface area contributed by atoms with Gasteiger partial charge >= 0.3 is 0 Å². The first-order valence-corrected chi connectivity index (χ1v) is 6.91. The molecular weight excluding hydrogens is 242 g/mol. The first-order chi connectivity index (χ1) is 8.97. The lowest BCUT2D eigenvalue weighted by Gasteiger charge is -2.15. The number of aryl methyl sites for hydroxylation is 1. The molecule has 110 valence electrons. The van der Waals surface area contributed by atoms with Gasteiger partial charge in [-0.2, -0.15) is 5.10 Å². The Kier molecular flexibility index (Phi) is 6.48. The third-order valence-corrected chi connectivity index (χ3v) is 3.39. The standard InChI is InChI=1S/C14H27N3O2/c1-10(18)6-7-15-11(2)14-12(3)16-17(13(14)4)8-9-19-5/h10-11,15,18H,6-9H2,1-5H3. The van der Waals surface area contributed by atoms with Gasteiger partial charge in [0.15, 0.2) is 0 Å². The molecule has 2 unspecified atom stereocenters. The van der Waals surface area contributed by atoms with Gasteiger partial charge in [0.2, 0.25) is 0 Å². The molecule has 5 nitrogen and oxygen atoms in total. The van der Waals surface area contributed by atoms with Crippen LogP contribution in [0.4, 0.5) is 0 Å². The number of methoxy groups -OCH3 is 1. The summed E-state index contributed by atoms with van der Waals surface area (Å²) in [6, 6.07) is 0.245. The summed E-state index contributed by atoms with van der Waals surface area (Å²) in [5.74, 6) is 0. The van der Waals surface area contributed by atoms with Gasteiger partial charge in [-0.05, 0) is 40.7 Å². The highest BCUT2D eigenvalue weighted by Crippen LogP contribution is 2.21. The van der Waals surface area contributed by atoms with E-state index >= 15 is 0 Å². The number of aliphatic hydroxyl groups is 1. The second-order valence-corrected chi connectivity index (χ2v) is 5.11. The fourth-order valence-electron chi connectivity index (χ4n) is 2.34. The zero-order valence-corrected chi connectivity index (χ0v) is 12.7. The lowest BCUT2D eigenvalue weighted by molar-refractivity contribution is 0.182. The molecule has 0 aliphatic rings. The number of rotatable bonds is 8. The van der Waals surface area contributed by atoms with Crippen molar-refractivity contribution in [2.75, 3.05) is 20.3 Å². The van der Waals surface area contributed by atoms with Crippen LogP contribution in [0.3, 0.4) is 0 Å². The molecule has 0 spiro atoms. The van der Waals surface area contributed by atoms with Crippen molar-refractivity contribution >= 4 is 0 Å². The second kappa shape index (κ2) is 7.62. The molecule has 0 aromatic carbocycles. The van der Waals surface area contributed by atoms with E-state index < -0.39 is 0 Å². The smallest absolute Gasteiger partial charge is 0.0658 e. The molecule has 0 saturated carbocycles. The van der Waals surface area contributed by atoms with Crippen molar-refractivity contribution in [3.05, 3.63) is 17.0 Å². The Bertz CT molecular complexity index is 388. The molecule has 2 atom stereocenters. The van der Waals surface area contributed by atoms with Crippen LogP contribution >= 0.6 is 0 Å². The minimum atomic E-state index is -0.258. The van der Waals surface area contributed by atoms with Crippen LogP contribution in [0.2, 0.25) is 0 Å². The largest absolute Gasteiger partial charge is 0.393 e. The highest BCUT2D eigenvalue weighted by atomic mass is 16.5. The third kappa shape index (κ3) is 4.60. The van der Waals surface area contributed by atoms with Gasteiger partial charge in [0.05, 0.1) is 24.9 Å². The van der Waals surface area contributed by atoms with E-state index in [1.807, 2.05) is 18.5 Å². The van der Waals surface area contributed by atoms with Gasteiger partial charge in [0.1, 0.15) is 0 Å². The van der Waals surface area contributed by atoms with Crippen LogP contribution < -0.4 is 5.32 Å². The molecule has 0 saturated heterocycles. The predicted molar refractivity (Wildman–Crippen MR) is 76.3 cm³/mol. The number of aliphatic hydroxyl groups excluding tert-OH is 1. The number of hydrogen-bond donors (Lipinski definition) is 2. The minimum Gasteiger partial charge on any atom is -0.393 e. The van der Waals surface area contributed by atoms with E-state index in [4.69, 9.17) is 4.74 Å². The van der Waals surface area contributed by atoms with E-state index in [-0.39, 0.29) is 12.1 Å². The maximum absolute atomic E-state index is 9.28. The highest BCUT2D eigenvalue weighted by Gasteiger charge is 2.16. The fraction of sp³-hybridized carbons (Fsp3) is 0.786. The van der Waals surface area contributed by atoms with Crippen LogP contribution in [0.5, 0.6) is 0 Å². The Morgan fingerprint density at radius 3 is 2.63 bits per heavy atom. The summed E-state index contributed by atoms with van der Waals surface area (Å²) in [4.78, 5) is 0. The van der Waals surface area contributed by atoms with Crippen molar-refractivity contribution in [3.8, 4) is 0 Å². The van der Waals surface area contributed by atoms with Gasteiger partial charge in [-0.25, -0.2) is 0 Å². The summed E-state index contributed by atoms with van der Waals surface area (Å²) >= 11 is 0. The molecule has 0 fully saturated rings. The lowest BCUT2D eigenvalue weighted by Crippen LogP contribution is -2.23. The molecule has 1 heterocycles. The van der Waals surface area contributed by atoms with E-state index in [2.05, 4.69) is 24.3 Å². The quantitative estimate of drug-likeness (QED) is 0.752.